The van der Waals surface area contributed by atoms with Gasteiger partial charge >= 0.3 is 12.1 Å². The Balaban J connectivity index is 1.55. The normalized spacial score (nSPS) is 11.6. The van der Waals surface area contributed by atoms with E-state index in [0.29, 0.717) is 24.8 Å². The van der Waals surface area contributed by atoms with Crippen molar-refractivity contribution >= 4 is 17.9 Å². The molecular formula is C25H27F3N4O5. The number of unbranched alkanes of at least 4 members (excludes halogenated alkanes) is 1. The molecule has 3 aromatic rings. The number of likely N-dealkylation sites (N-methyl/N-ethyl adjacent to an activating group) is 1. The van der Waals surface area contributed by atoms with Crippen molar-refractivity contribution < 1.29 is 37.1 Å². The van der Waals surface area contributed by atoms with Crippen LogP contribution in [0, 0.1) is 17.5 Å². The molecule has 1 atom stereocenters. The van der Waals surface area contributed by atoms with Crippen molar-refractivity contribution in [2.24, 2.45) is 0 Å². The Labute approximate surface area is 211 Å². The van der Waals surface area contributed by atoms with Crippen LogP contribution in [0.25, 0.3) is 11.3 Å². The lowest BCUT2D eigenvalue weighted by atomic mass is 10.1. The van der Waals surface area contributed by atoms with Gasteiger partial charge in [0.15, 0.2) is 23.2 Å². The van der Waals surface area contributed by atoms with Gasteiger partial charge in [0.1, 0.15) is 12.4 Å². The average Bonchev–Trinajstić information content (AvgIpc) is 3.35. The Hall–Kier alpha value is -4.06. The Morgan fingerprint density at radius 1 is 1.14 bits per heavy atom. The lowest BCUT2D eigenvalue weighted by Crippen LogP contribution is -2.46. The van der Waals surface area contributed by atoms with Gasteiger partial charge in [0.25, 0.3) is 0 Å². The summed E-state index contributed by atoms with van der Waals surface area (Å²) >= 11 is 0. The van der Waals surface area contributed by atoms with Gasteiger partial charge in [0.2, 0.25) is 0 Å². The van der Waals surface area contributed by atoms with Gasteiger partial charge in [-0.1, -0.05) is 29.4 Å². The number of aliphatic hydroxyl groups is 1. The molecule has 198 valence electrons. The third kappa shape index (κ3) is 7.97. The van der Waals surface area contributed by atoms with Crippen molar-refractivity contribution in [2.75, 3.05) is 25.6 Å². The zero-order valence-electron chi connectivity index (χ0n) is 20.0. The topological polar surface area (TPSA) is 117 Å². The minimum atomic E-state index is -1.04. The zero-order chi connectivity index (χ0) is 26.8. The van der Waals surface area contributed by atoms with E-state index in [2.05, 4.69) is 15.8 Å². The first-order valence-electron chi connectivity index (χ1n) is 11.5. The highest BCUT2D eigenvalue weighted by molar-refractivity contribution is 5.84. The van der Waals surface area contributed by atoms with Crippen LogP contribution in [0.1, 0.15) is 24.8 Å². The first-order chi connectivity index (χ1) is 17.8. The molecule has 0 bridgehead atoms. The van der Waals surface area contributed by atoms with E-state index in [4.69, 9.17) is 14.4 Å². The standard InChI is InChI=1S/C25H27F3N4O5/c1-32(24(34)29-14-17-7-5-10-20(27)23(17)28)19(9-2-3-11-33)15-36-25(35)30-22-13-21(37-31-22)16-6-4-8-18(26)12-16/h4-8,10,12-13,19,33H,2-3,9,11,14-15H2,1H3,(H,29,34)(H,30,31,35)/t19-/m0/s1. The molecule has 1 heterocycles. The van der Waals surface area contributed by atoms with Crippen LogP contribution < -0.4 is 10.6 Å². The van der Waals surface area contributed by atoms with Gasteiger partial charge in [-0.3, -0.25) is 5.32 Å². The molecule has 3 rings (SSSR count). The molecule has 0 fully saturated rings. The van der Waals surface area contributed by atoms with Gasteiger partial charge in [0, 0.05) is 37.4 Å². The van der Waals surface area contributed by atoms with E-state index in [1.54, 1.807) is 6.07 Å². The third-order valence-electron chi connectivity index (χ3n) is 5.53. The van der Waals surface area contributed by atoms with Gasteiger partial charge in [-0.05, 0) is 37.5 Å². The van der Waals surface area contributed by atoms with Crippen molar-refractivity contribution in [1.82, 2.24) is 15.4 Å². The summed E-state index contributed by atoms with van der Waals surface area (Å²) in [5, 5.41) is 17.7. The molecule has 0 unspecified atom stereocenters. The molecule has 0 aliphatic rings. The SMILES string of the molecule is CN(C(=O)NCc1cccc(F)c1F)[C@@H](CCCCO)COC(=O)Nc1cc(-c2cccc(F)c2)on1. The number of nitrogens with zero attached hydrogens (tertiary/aromatic N) is 2. The lowest BCUT2D eigenvalue weighted by molar-refractivity contribution is 0.112. The van der Waals surface area contributed by atoms with Crippen LogP contribution in [0.4, 0.5) is 28.6 Å². The molecule has 0 spiro atoms. The van der Waals surface area contributed by atoms with Gasteiger partial charge in [-0.25, -0.2) is 22.8 Å². The number of rotatable bonds is 11. The highest BCUT2D eigenvalue weighted by atomic mass is 19.2. The predicted molar refractivity (Wildman–Crippen MR) is 128 cm³/mol. The van der Waals surface area contributed by atoms with Crippen LogP contribution in [0.15, 0.2) is 53.1 Å². The molecule has 0 radical (unpaired) electrons. The first kappa shape index (κ1) is 27.5. The summed E-state index contributed by atoms with van der Waals surface area (Å²) in [7, 11) is 1.48. The summed E-state index contributed by atoms with van der Waals surface area (Å²) in [4.78, 5) is 26.2. The van der Waals surface area contributed by atoms with Gasteiger partial charge in [-0.2, -0.15) is 0 Å². The van der Waals surface area contributed by atoms with Crippen molar-refractivity contribution in [2.45, 2.75) is 31.8 Å². The third-order valence-corrected chi connectivity index (χ3v) is 5.53. The van der Waals surface area contributed by atoms with Crippen LogP contribution in [0.2, 0.25) is 0 Å². The average molecular weight is 521 g/mol. The molecule has 0 aliphatic heterocycles. The molecule has 37 heavy (non-hydrogen) atoms. The minimum Gasteiger partial charge on any atom is -0.447 e. The molecule has 1 aromatic heterocycles. The number of ether oxygens (including phenoxy) is 1. The summed E-state index contributed by atoms with van der Waals surface area (Å²) in [5.41, 5.74) is 0.419. The number of carbonyl (C=O) groups is 2. The van der Waals surface area contributed by atoms with Crippen LogP contribution in [-0.2, 0) is 11.3 Å². The molecule has 0 saturated carbocycles. The van der Waals surface area contributed by atoms with E-state index in [-0.39, 0.29) is 36.9 Å². The smallest absolute Gasteiger partial charge is 0.412 e. The van der Waals surface area contributed by atoms with E-state index in [1.807, 2.05) is 0 Å². The molecule has 0 aliphatic carbocycles. The number of amides is 3. The molecule has 2 aromatic carbocycles. The number of hydrogen-bond donors (Lipinski definition) is 3. The Morgan fingerprint density at radius 2 is 1.92 bits per heavy atom. The number of aromatic nitrogens is 1. The summed E-state index contributed by atoms with van der Waals surface area (Å²) in [6, 6.07) is 9.57. The van der Waals surface area contributed by atoms with Gasteiger partial charge in [-0.15, -0.1) is 0 Å². The van der Waals surface area contributed by atoms with E-state index < -0.39 is 35.6 Å². The molecule has 0 saturated heterocycles. The second kappa shape index (κ2) is 13.3. The van der Waals surface area contributed by atoms with Crippen LogP contribution in [-0.4, -0.2) is 53.6 Å². The molecular weight excluding hydrogens is 493 g/mol. The van der Waals surface area contributed by atoms with E-state index in [1.165, 1.54) is 48.3 Å². The van der Waals surface area contributed by atoms with Crippen LogP contribution in [0.3, 0.4) is 0 Å². The predicted octanol–water partition coefficient (Wildman–Crippen LogP) is 4.68. The highest BCUT2D eigenvalue weighted by Crippen LogP contribution is 2.23. The number of urea groups is 1. The number of carbonyl (C=O) groups excluding carboxylic acids is 2. The highest BCUT2D eigenvalue weighted by Gasteiger charge is 2.22. The summed E-state index contributed by atoms with van der Waals surface area (Å²) in [6.45, 7) is -0.468. The fourth-order valence-corrected chi connectivity index (χ4v) is 3.45. The fourth-order valence-electron chi connectivity index (χ4n) is 3.45. The van der Waals surface area contributed by atoms with Crippen molar-refractivity contribution in [3.63, 3.8) is 0 Å². The van der Waals surface area contributed by atoms with Crippen molar-refractivity contribution in [3.8, 4) is 11.3 Å². The summed E-state index contributed by atoms with van der Waals surface area (Å²) in [5.74, 6) is -2.23. The monoisotopic (exact) mass is 520 g/mol. The van der Waals surface area contributed by atoms with Gasteiger partial charge < -0.3 is 24.6 Å². The Morgan fingerprint density at radius 3 is 2.68 bits per heavy atom. The summed E-state index contributed by atoms with van der Waals surface area (Å²) < 4.78 is 51.1. The quantitative estimate of drug-likeness (QED) is 0.316. The lowest BCUT2D eigenvalue weighted by Gasteiger charge is -2.28. The maximum Gasteiger partial charge on any atom is 0.412 e. The number of halogens is 3. The molecule has 9 nitrogen and oxygen atoms in total. The van der Waals surface area contributed by atoms with Crippen molar-refractivity contribution in [3.05, 3.63) is 71.5 Å². The zero-order valence-corrected chi connectivity index (χ0v) is 20.0. The molecule has 3 amide bonds. The molecule has 12 heteroatoms. The van der Waals surface area contributed by atoms with E-state index in [0.717, 1.165) is 6.07 Å². The van der Waals surface area contributed by atoms with Crippen molar-refractivity contribution in [1.29, 1.82) is 0 Å². The fraction of sp³-hybridized carbons (Fsp3) is 0.320. The Bertz CT molecular complexity index is 1210. The number of anilines is 1. The van der Waals surface area contributed by atoms with E-state index >= 15 is 0 Å². The minimum absolute atomic E-state index is 0.0144. The van der Waals surface area contributed by atoms with Crippen LogP contribution >= 0.6 is 0 Å². The number of aliphatic hydroxyl groups excluding tert-OH is 1. The maximum atomic E-state index is 13.9. The van der Waals surface area contributed by atoms with E-state index in [9.17, 15) is 22.8 Å². The number of hydrogen-bond acceptors (Lipinski definition) is 6. The maximum absolute atomic E-state index is 13.9. The number of nitrogens with one attached hydrogen (secondary N) is 2. The second-order valence-electron chi connectivity index (χ2n) is 8.17. The second-order valence-corrected chi connectivity index (χ2v) is 8.17. The first-order valence-corrected chi connectivity index (χ1v) is 11.5. The Kier molecular flexibility index (Phi) is 9.90. The van der Waals surface area contributed by atoms with Crippen LogP contribution in [0.5, 0.6) is 0 Å². The molecule has 3 N–H and O–H groups in total. The van der Waals surface area contributed by atoms with Gasteiger partial charge in [0.05, 0.1) is 6.04 Å². The largest absolute Gasteiger partial charge is 0.447 e. The number of benzene rings is 2. The summed E-state index contributed by atoms with van der Waals surface area (Å²) in [6.07, 6.45) is 0.568.